The predicted molar refractivity (Wildman–Crippen MR) is 77.6 cm³/mol. The molecule has 1 unspecified atom stereocenters. The number of aryl methyl sites for hydroxylation is 2. The number of hydrogen-bond acceptors (Lipinski definition) is 1. The first-order chi connectivity index (χ1) is 9.09. The summed E-state index contributed by atoms with van der Waals surface area (Å²) in [5, 5.41) is 0. The van der Waals surface area contributed by atoms with Crippen LogP contribution < -0.4 is 4.90 Å². The Balaban J connectivity index is 2.23. The van der Waals surface area contributed by atoms with Crippen LogP contribution in [0, 0.1) is 13.8 Å². The molecule has 0 spiro atoms. The van der Waals surface area contributed by atoms with Gasteiger partial charge in [0.2, 0.25) is 5.91 Å². The Kier molecular flexibility index (Phi) is 2.67. The smallest absolute Gasteiger partial charge is 0.238 e. The summed E-state index contributed by atoms with van der Waals surface area (Å²) in [5.74, 6) is 0.0108. The third-order valence-corrected chi connectivity index (χ3v) is 3.87. The number of benzene rings is 2. The predicted octanol–water partition coefficient (Wildman–Crippen LogP) is 3.41. The van der Waals surface area contributed by atoms with E-state index >= 15 is 0 Å². The molecule has 0 aliphatic carbocycles. The van der Waals surface area contributed by atoms with Gasteiger partial charge in [0.1, 0.15) is 0 Å². The highest BCUT2D eigenvalue weighted by Crippen LogP contribution is 2.42. The van der Waals surface area contributed by atoms with E-state index in [4.69, 9.17) is 0 Å². The molecule has 1 aliphatic rings. The molecule has 0 bridgehead atoms. The van der Waals surface area contributed by atoms with Crippen molar-refractivity contribution in [1.82, 2.24) is 0 Å². The van der Waals surface area contributed by atoms with Crippen LogP contribution in [0.4, 0.5) is 5.69 Å². The maximum absolute atomic E-state index is 12.6. The largest absolute Gasteiger partial charge is 0.314 e. The van der Waals surface area contributed by atoms with Crippen molar-refractivity contribution in [3.63, 3.8) is 0 Å². The Morgan fingerprint density at radius 1 is 1.05 bits per heavy atom. The third kappa shape index (κ3) is 1.75. The van der Waals surface area contributed by atoms with E-state index in [1.54, 1.807) is 4.90 Å². The maximum Gasteiger partial charge on any atom is 0.238 e. The number of carbonyl (C=O) groups excluding carboxylic acids is 1. The van der Waals surface area contributed by atoms with Gasteiger partial charge in [0, 0.05) is 12.7 Å². The van der Waals surface area contributed by atoms with Crippen LogP contribution in [0.1, 0.15) is 28.2 Å². The summed E-state index contributed by atoms with van der Waals surface area (Å²) in [5.41, 5.74) is 5.68. The van der Waals surface area contributed by atoms with Crippen LogP contribution in [0.15, 0.2) is 42.5 Å². The highest BCUT2D eigenvalue weighted by molar-refractivity contribution is 6.07. The number of amides is 1. The first-order valence-corrected chi connectivity index (χ1v) is 6.53. The lowest BCUT2D eigenvalue weighted by atomic mass is 9.89. The number of hydrogen-bond donors (Lipinski definition) is 0. The SMILES string of the molecule is Cc1cc(C)c2c(c1)N(C)C(=O)C2c1ccccc1. The Morgan fingerprint density at radius 3 is 2.42 bits per heavy atom. The van der Waals surface area contributed by atoms with Crippen molar-refractivity contribution in [2.45, 2.75) is 19.8 Å². The molecule has 3 rings (SSSR count). The maximum atomic E-state index is 12.6. The molecule has 2 heteroatoms. The van der Waals surface area contributed by atoms with Gasteiger partial charge in [-0.15, -0.1) is 0 Å². The fourth-order valence-electron chi connectivity index (χ4n) is 3.00. The van der Waals surface area contributed by atoms with E-state index in [0.29, 0.717) is 0 Å². The van der Waals surface area contributed by atoms with Crippen molar-refractivity contribution in [1.29, 1.82) is 0 Å². The lowest BCUT2D eigenvalue weighted by Gasteiger charge is -2.12. The second kappa shape index (κ2) is 4.23. The van der Waals surface area contributed by atoms with Crippen LogP contribution in [0.3, 0.4) is 0 Å². The zero-order valence-electron chi connectivity index (χ0n) is 11.5. The standard InChI is InChI=1S/C17H17NO/c1-11-9-12(2)15-14(10-11)18(3)17(19)16(15)13-7-5-4-6-8-13/h4-10,16H,1-3H3. The van der Waals surface area contributed by atoms with Gasteiger partial charge in [0.05, 0.1) is 5.92 Å². The highest BCUT2D eigenvalue weighted by Gasteiger charge is 2.37. The zero-order valence-corrected chi connectivity index (χ0v) is 11.5. The lowest BCUT2D eigenvalue weighted by molar-refractivity contribution is -0.118. The van der Waals surface area contributed by atoms with Crippen molar-refractivity contribution < 1.29 is 4.79 Å². The zero-order chi connectivity index (χ0) is 13.6. The van der Waals surface area contributed by atoms with Gasteiger partial charge < -0.3 is 4.90 Å². The van der Waals surface area contributed by atoms with Gasteiger partial charge >= 0.3 is 0 Å². The number of carbonyl (C=O) groups is 1. The number of fused-ring (bicyclic) bond motifs is 1. The summed E-state index contributed by atoms with van der Waals surface area (Å²) in [6.07, 6.45) is 0. The average Bonchev–Trinajstić information content (AvgIpc) is 2.64. The minimum absolute atomic E-state index is 0.151. The van der Waals surface area contributed by atoms with Crippen molar-refractivity contribution in [3.8, 4) is 0 Å². The second-order valence-corrected chi connectivity index (χ2v) is 5.26. The van der Waals surface area contributed by atoms with Crippen LogP contribution in [0.2, 0.25) is 0 Å². The van der Waals surface area contributed by atoms with Crippen LogP contribution in [-0.2, 0) is 4.79 Å². The average molecular weight is 251 g/mol. The van der Waals surface area contributed by atoms with Gasteiger partial charge in [0.25, 0.3) is 0 Å². The molecule has 1 aliphatic heterocycles. The van der Waals surface area contributed by atoms with Crippen molar-refractivity contribution in [2.24, 2.45) is 0 Å². The Bertz CT molecular complexity index is 646. The summed E-state index contributed by atoms with van der Waals surface area (Å²) in [6.45, 7) is 4.16. The summed E-state index contributed by atoms with van der Waals surface area (Å²) in [7, 11) is 1.86. The lowest BCUT2D eigenvalue weighted by Crippen LogP contribution is -2.24. The third-order valence-electron chi connectivity index (χ3n) is 3.87. The quantitative estimate of drug-likeness (QED) is 0.760. The van der Waals surface area contributed by atoms with Gasteiger partial charge in [-0.1, -0.05) is 36.4 Å². The Labute approximate surface area is 113 Å². The van der Waals surface area contributed by atoms with Crippen molar-refractivity contribution in [2.75, 3.05) is 11.9 Å². The van der Waals surface area contributed by atoms with E-state index in [-0.39, 0.29) is 11.8 Å². The fraction of sp³-hybridized carbons (Fsp3) is 0.235. The summed E-state index contributed by atoms with van der Waals surface area (Å²) >= 11 is 0. The van der Waals surface area contributed by atoms with E-state index in [1.165, 1.54) is 11.1 Å². The second-order valence-electron chi connectivity index (χ2n) is 5.26. The van der Waals surface area contributed by atoms with E-state index in [2.05, 4.69) is 26.0 Å². The molecular formula is C17H17NO. The van der Waals surface area contributed by atoms with Gasteiger partial charge in [-0.3, -0.25) is 4.79 Å². The molecule has 0 saturated heterocycles. The molecule has 0 aromatic heterocycles. The number of anilines is 1. The molecule has 0 N–H and O–H groups in total. The minimum atomic E-state index is -0.151. The minimum Gasteiger partial charge on any atom is -0.314 e. The van der Waals surface area contributed by atoms with Crippen LogP contribution in [-0.4, -0.2) is 13.0 Å². The number of likely N-dealkylation sites (N-methyl/N-ethyl adjacent to an activating group) is 1. The molecule has 19 heavy (non-hydrogen) atoms. The topological polar surface area (TPSA) is 20.3 Å². The molecule has 2 aromatic rings. The molecule has 1 heterocycles. The van der Waals surface area contributed by atoms with Crippen molar-refractivity contribution >= 4 is 11.6 Å². The number of rotatable bonds is 1. The summed E-state index contributed by atoms with van der Waals surface area (Å²) < 4.78 is 0. The summed E-state index contributed by atoms with van der Waals surface area (Å²) in [6, 6.07) is 14.3. The van der Waals surface area contributed by atoms with Gasteiger partial charge in [-0.25, -0.2) is 0 Å². The van der Waals surface area contributed by atoms with E-state index < -0.39 is 0 Å². The molecule has 0 radical (unpaired) electrons. The first kappa shape index (κ1) is 12.0. The number of nitrogens with zero attached hydrogens (tertiary/aromatic N) is 1. The van der Waals surface area contributed by atoms with Crippen LogP contribution >= 0.6 is 0 Å². The van der Waals surface area contributed by atoms with Gasteiger partial charge in [-0.05, 0) is 42.2 Å². The Morgan fingerprint density at radius 2 is 1.74 bits per heavy atom. The molecule has 96 valence electrons. The Hall–Kier alpha value is -2.09. The fourth-order valence-corrected chi connectivity index (χ4v) is 3.00. The van der Waals surface area contributed by atoms with E-state index in [1.807, 2.05) is 37.4 Å². The van der Waals surface area contributed by atoms with Gasteiger partial charge in [-0.2, -0.15) is 0 Å². The molecule has 0 fully saturated rings. The summed E-state index contributed by atoms with van der Waals surface area (Å²) in [4.78, 5) is 14.3. The molecule has 0 saturated carbocycles. The molecular weight excluding hydrogens is 234 g/mol. The molecule has 1 atom stereocenters. The van der Waals surface area contributed by atoms with E-state index in [0.717, 1.165) is 16.8 Å². The van der Waals surface area contributed by atoms with Crippen molar-refractivity contribution in [3.05, 3.63) is 64.7 Å². The highest BCUT2D eigenvalue weighted by atomic mass is 16.2. The molecule has 2 aromatic carbocycles. The molecule has 2 nitrogen and oxygen atoms in total. The first-order valence-electron chi connectivity index (χ1n) is 6.53. The van der Waals surface area contributed by atoms with Gasteiger partial charge in [0.15, 0.2) is 0 Å². The van der Waals surface area contributed by atoms with Crippen LogP contribution in [0.25, 0.3) is 0 Å². The molecule has 1 amide bonds. The monoisotopic (exact) mass is 251 g/mol. The van der Waals surface area contributed by atoms with Crippen LogP contribution in [0.5, 0.6) is 0 Å². The van der Waals surface area contributed by atoms with E-state index in [9.17, 15) is 4.79 Å². The normalized spacial score (nSPS) is 17.7.